The van der Waals surface area contributed by atoms with Crippen molar-refractivity contribution < 1.29 is 17.9 Å². The Kier molecular flexibility index (Phi) is 5.01. The summed E-state index contributed by atoms with van der Waals surface area (Å²) in [6, 6.07) is 10.2. The van der Waals surface area contributed by atoms with Gasteiger partial charge in [0.25, 0.3) is 0 Å². The van der Waals surface area contributed by atoms with Crippen LogP contribution in [0, 0.1) is 0 Å². The van der Waals surface area contributed by atoms with Gasteiger partial charge < -0.3 is 10.1 Å². The molecule has 2 heterocycles. The third-order valence-electron chi connectivity index (χ3n) is 3.97. The lowest BCUT2D eigenvalue weighted by molar-refractivity contribution is -0.274. The first-order valence-electron chi connectivity index (χ1n) is 7.71. The second kappa shape index (κ2) is 7.19. The van der Waals surface area contributed by atoms with Crippen LogP contribution in [0.1, 0.15) is 17.2 Å². The van der Waals surface area contributed by atoms with E-state index >= 15 is 0 Å². The molecule has 24 heavy (non-hydrogen) atoms. The van der Waals surface area contributed by atoms with Gasteiger partial charge in [-0.15, -0.1) is 13.2 Å². The molecule has 1 N–H and O–H groups in total. The van der Waals surface area contributed by atoms with E-state index in [9.17, 15) is 13.2 Å². The number of hydrogen-bond acceptors (Lipinski definition) is 4. The number of aromatic nitrogens is 1. The summed E-state index contributed by atoms with van der Waals surface area (Å²) in [6.07, 6.45) is -1.07. The van der Waals surface area contributed by atoms with Gasteiger partial charge in [0, 0.05) is 44.6 Å². The molecule has 1 unspecified atom stereocenters. The molecule has 0 bridgehead atoms. The first-order valence-corrected chi connectivity index (χ1v) is 7.71. The Hall–Kier alpha value is -2.12. The summed E-state index contributed by atoms with van der Waals surface area (Å²) in [7, 11) is 0. The molecule has 0 amide bonds. The zero-order chi connectivity index (χ0) is 17.0. The standard InChI is InChI=1S/C17H18F3N3O/c18-17(19,20)24-15-5-3-13(4-6-15)12-23-9-8-22-11-16(23)14-2-1-7-21-10-14/h1-7,10,16,22H,8-9,11-12H2. The van der Waals surface area contributed by atoms with Crippen LogP contribution in [-0.4, -0.2) is 35.9 Å². The number of alkyl halides is 3. The molecule has 1 fully saturated rings. The summed E-state index contributed by atoms with van der Waals surface area (Å²) in [4.78, 5) is 6.47. The van der Waals surface area contributed by atoms with Gasteiger partial charge >= 0.3 is 6.36 Å². The molecule has 1 atom stereocenters. The molecule has 3 rings (SSSR count). The van der Waals surface area contributed by atoms with Gasteiger partial charge in [-0.2, -0.15) is 0 Å². The highest BCUT2D eigenvalue weighted by atomic mass is 19.4. The lowest BCUT2D eigenvalue weighted by Crippen LogP contribution is -2.45. The predicted octanol–water partition coefficient (Wildman–Crippen LogP) is 3.13. The van der Waals surface area contributed by atoms with E-state index in [0.717, 1.165) is 30.8 Å². The van der Waals surface area contributed by atoms with Crippen LogP contribution in [0.15, 0.2) is 48.8 Å². The van der Waals surface area contributed by atoms with Crippen molar-refractivity contribution in [3.05, 3.63) is 59.9 Å². The Morgan fingerprint density at radius 2 is 2.00 bits per heavy atom. The molecule has 1 aliphatic heterocycles. The number of halogens is 3. The smallest absolute Gasteiger partial charge is 0.406 e. The highest BCUT2D eigenvalue weighted by molar-refractivity contribution is 5.28. The minimum atomic E-state index is -4.66. The maximum Gasteiger partial charge on any atom is 0.573 e. The fourth-order valence-electron chi connectivity index (χ4n) is 2.87. The summed E-state index contributed by atoms with van der Waals surface area (Å²) in [5.41, 5.74) is 2.07. The lowest BCUT2D eigenvalue weighted by atomic mass is 10.0. The van der Waals surface area contributed by atoms with Gasteiger partial charge in [0.15, 0.2) is 0 Å². The van der Waals surface area contributed by atoms with Gasteiger partial charge in [-0.1, -0.05) is 18.2 Å². The van der Waals surface area contributed by atoms with E-state index in [0.29, 0.717) is 6.54 Å². The van der Waals surface area contributed by atoms with Crippen LogP contribution < -0.4 is 10.1 Å². The lowest BCUT2D eigenvalue weighted by Gasteiger charge is -2.36. The third kappa shape index (κ3) is 4.46. The van der Waals surface area contributed by atoms with E-state index in [1.165, 1.54) is 12.1 Å². The van der Waals surface area contributed by atoms with Crippen molar-refractivity contribution in [3.8, 4) is 5.75 Å². The Morgan fingerprint density at radius 3 is 2.67 bits per heavy atom. The number of nitrogens with zero attached hydrogens (tertiary/aromatic N) is 2. The zero-order valence-electron chi connectivity index (χ0n) is 13.0. The highest BCUT2D eigenvalue weighted by Gasteiger charge is 2.31. The molecule has 128 valence electrons. The maximum atomic E-state index is 12.2. The van der Waals surface area contributed by atoms with Crippen LogP contribution >= 0.6 is 0 Å². The maximum absolute atomic E-state index is 12.2. The average molecular weight is 337 g/mol. The van der Waals surface area contributed by atoms with Gasteiger partial charge in [-0.25, -0.2) is 0 Å². The summed E-state index contributed by atoms with van der Waals surface area (Å²) in [5, 5.41) is 3.37. The molecule has 0 radical (unpaired) electrons. The average Bonchev–Trinajstić information content (AvgIpc) is 2.57. The molecule has 0 saturated carbocycles. The Balaban J connectivity index is 1.69. The van der Waals surface area contributed by atoms with Gasteiger partial charge in [0.05, 0.1) is 0 Å². The van der Waals surface area contributed by atoms with Crippen molar-refractivity contribution >= 4 is 0 Å². The van der Waals surface area contributed by atoms with Crippen LogP contribution in [0.3, 0.4) is 0 Å². The van der Waals surface area contributed by atoms with Crippen molar-refractivity contribution in [2.24, 2.45) is 0 Å². The molecular formula is C17H18F3N3O. The van der Waals surface area contributed by atoms with Crippen LogP contribution in [-0.2, 0) is 6.54 Å². The number of piperazine rings is 1. The third-order valence-corrected chi connectivity index (χ3v) is 3.97. The van der Waals surface area contributed by atoms with Crippen LogP contribution in [0.25, 0.3) is 0 Å². The van der Waals surface area contributed by atoms with Crippen molar-refractivity contribution in [1.82, 2.24) is 15.2 Å². The van der Waals surface area contributed by atoms with Crippen LogP contribution in [0.4, 0.5) is 13.2 Å². The highest BCUT2D eigenvalue weighted by Crippen LogP contribution is 2.26. The number of benzene rings is 1. The minimum absolute atomic E-state index is 0.193. The van der Waals surface area contributed by atoms with E-state index in [2.05, 4.69) is 19.9 Å². The normalized spacial score (nSPS) is 19.2. The molecule has 1 saturated heterocycles. The topological polar surface area (TPSA) is 37.4 Å². The quantitative estimate of drug-likeness (QED) is 0.930. The number of hydrogen-bond donors (Lipinski definition) is 1. The molecule has 0 spiro atoms. The molecular weight excluding hydrogens is 319 g/mol. The van der Waals surface area contributed by atoms with E-state index < -0.39 is 6.36 Å². The van der Waals surface area contributed by atoms with Crippen molar-refractivity contribution in [2.45, 2.75) is 18.9 Å². The molecule has 0 aliphatic carbocycles. The number of ether oxygens (including phenoxy) is 1. The molecule has 1 aromatic carbocycles. The summed E-state index contributed by atoms with van der Waals surface area (Å²) in [6.45, 7) is 3.22. The minimum Gasteiger partial charge on any atom is -0.406 e. The molecule has 1 aromatic heterocycles. The Morgan fingerprint density at radius 1 is 1.21 bits per heavy atom. The SMILES string of the molecule is FC(F)(F)Oc1ccc(CN2CCNCC2c2cccnc2)cc1. The first-order chi connectivity index (χ1) is 11.5. The van der Waals surface area contributed by atoms with E-state index in [4.69, 9.17) is 0 Å². The van der Waals surface area contributed by atoms with Crippen molar-refractivity contribution in [1.29, 1.82) is 0 Å². The fourth-order valence-corrected chi connectivity index (χ4v) is 2.87. The number of nitrogens with one attached hydrogen (secondary N) is 1. The summed E-state index contributed by atoms with van der Waals surface area (Å²) < 4.78 is 40.5. The molecule has 2 aromatic rings. The molecule has 4 nitrogen and oxygen atoms in total. The largest absolute Gasteiger partial charge is 0.573 e. The van der Waals surface area contributed by atoms with Crippen molar-refractivity contribution in [3.63, 3.8) is 0 Å². The Labute approximate surface area is 138 Å². The van der Waals surface area contributed by atoms with Crippen LogP contribution in [0.2, 0.25) is 0 Å². The van der Waals surface area contributed by atoms with E-state index in [1.54, 1.807) is 18.3 Å². The predicted molar refractivity (Wildman–Crippen MR) is 83.4 cm³/mol. The summed E-state index contributed by atoms with van der Waals surface area (Å²) in [5.74, 6) is -0.199. The first kappa shape index (κ1) is 16.7. The summed E-state index contributed by atoms with van der Waals surface area (Å²) >= 11 is 0. The van der Waals surface area contributed by atoms with E-state index in [-0.39, 0.29) is 11.8 Å². The second-order valence-electron chi connectivity index (χ2n) is 5.67. The fraction of sp³-hybridized carbons (Fsp3) is 0.353. The second-order valence-corrected chi connectivity index (χ2v) is 5.67. The molecule has 7 heteroatoms. The number of pyridine rings is 1. The van der Waals surface area contributed by atoms with Gasteiger partial charge in [-0.3, -0.25) is 9.88 Å². The van der Waals surface area contributed by atoms with Gasteiger partial charge in [0.2, 0.25) is 0 Å². The zero-order valence-corrected chi connectivity index (χ0v) is 13.0. The monoisotopic (exact) mass is 337 g/mol. The molecule has 1 aliphatic rings. The van der Waals surface area contributed by atoms with Crippen molar-refractivity contribution in [2.75, 3.05) is 19.6 Å². The number of rotatable bonds is 4. The van der Waals surface area contributed by atoms with E-state index in [1.807, 2.05) is 18.3 Å². The Bertz CT molecular complexity index is 646. The van der Waals surface area contributed by atoms with Gasteiger partial charge in [0.1, 0.15) is 5.75 Å². The van der Waals surface area contributed by atoms with Crippen LogP contribution in [0.5, 0.6) is 5.75 Å². The van der Waals surface area contributed by atoms with Gasteiger partial charge in [-0.05, 0) is 29.3 Å².